The first-order valence-corrected chi connectivity index (χ1v) is 9.07. The minimum Gasteiger partial charge on any atom is -0.206 e. The van der Waals surface area contributed by atoms with Crippen molar-refractivity contribution in [3.8, 4) is 0 Å². The molecule has 0 aliphatic rings. The zero-order valence-electron chi connectivity index (χ0n) is 12.8. The molecule has 0 fully saturated rings. The number of allylic oxidation sites excluding steroid dienone is 1. The summed E-state index contributed by atoms with van der Waals surface area (Å²) in [6, 6.07) is 6.70. The molecular weight excluding hydrogens is 306 g/mol. The largest absolute Gasteiger partial charge is 0.256 e. The topological polar surface area (TPSA) is 37.4 Å². The maximum Gasteiger partial charge on any atom is 0.256 e. The van der Waals surface area contributed by atoms with Gasteiger partial charge in [0.05, 0.1) is 4.90 Å². The molecule has 0 aliphatic heterocycles. The van der Waals surface area contributed by atoms with Gasteiger partial charge in [-0.1, -0.05) is 43.2 Å². The number of halogens is 1. The number of aryl methyl sites for hydroxylation is 1. The zero-order chi connectivity index (χ0) is 15.9. The van der Waals surface area contributed by atoms with E-state index in [2.05, 4.69) is 13.5 Å². The predicted octanol–water partition coefficient (Wildman–Crippen LogP) is 4.67. The molecule has 0 atom stereocenters. The third-order valence-electron chi connectivity index (χ3n) is 3.33. The van der Waals surface area contributed by atoms with Crippen molar-refractivity contribution in [1.82, 2.24) is 3.82 Å². The fraction of sp³-hybridized carbons (Fsp3) is 0.500. The standard InChI is InChI=1S/C16H24ClNO2S/c1-4-5-7-14(2)8-6-13-18(17)21(19,20)16-11-9-15(3)10-12-16/h9-12H,2,4-8,13H2,1,3H3. The SMILES string of the molecule is C=C(CCCC)CCCN(Cl)S(=O)(=O)c1ccc(C)cc1. The number of unbranched alkanes of at least 4 members (excludes halogenated alkanes) is 1. The second-order valence-corrected chi connectivity index (χ2v) is 7.76. The molecule has 0 amide bonds. The minimum atomic E-state index is -3.60. The van der Waals surface area contributed by atoms with Crippen LogP contribution in [-0.2, 0) is 10.0 Å². The van der Waals surface area contributed by atoms with Gasteiger partial charge in [-0.15, -0.1) is 3.82 Å². The van der Waals surface area contributed by atoms with Gasteiger partial charge in [-0.3, -0.25) is 0 Å². The molecule has 0 heterocycles. The molecule has 0 radical (unpaired) electrons. The molecule has 0 aromatic heterocycles. The van der Waals surface area contributed by atoms with Crippen LogP contribution in [0.15, 0.2) is 41.3 Å². The van der Waals surface area contributed by atoms with Gasteiger partial charge in [-0.2, -0.15) is 0 Å². The molecule has 5 heteroatoms. The van der Waals surface area contributed by atoms with Gasteiger partial charge >= 0.3 is 0 Å². The van der Waals surface area contributed by atoms with Gasteiger partial charge in [0.2, 0.25) is 0 Å². The average molecular weight is 330 g/mol. The third-order valence-corrected chi connectivity index (χ3v) is 5.61. The summed E-state index contributed by atoms with van der Waals surface area (Å²) < 4.78 is 25.4. The van der Waals surface area contributed by atoms with Gasteiger partial charge in [-0.25, -0.2) is 8.42 Å². The lowest BCUT2D eigenvalue weighted by Crippen LogP contribution is -2.23. The Bertz CT molecular complexity index is 552. The van der Waals surface area contributed by atoms with Crippen LogP contribution in [0.2, 0.25) is 0 Å². The van der Waals surface area contributed by atoms with Crippen LogP contribution in [0.25, 0.3) is 0 Å². The van der Waals surface area contributed by atoms with E-state index < -0.39 is 10.0 Å². The molecule has 1 aromatic rings. The van der Waals surface area contributed by atoms with Crippen LogP contribution in [0.1, 0.15) is 44.6 Å². The summed E-state index contributed by atoms with van der Waals surface area (Å²) in [5, 5.41) is 0. The molecule has 0 saturated heterocycles. The van der Waals surface area contributed by atoms with E-state index in [0.29, 0.717) is 13.0 Å². The second-order valence-electron chi connectivity index (χ2n) is 5.29. The summed E-state index contributed by atoms with van der Waals surface area (Å²) in [6.45, 7) is 8.36. The summed E-state index contributed by atoms with van der Waals surface area (Å²) in [5.74, 6) is 0. The van der Waals surface area contributed by atoms with E-state index in [4.69, 9.17) is 11.8 Å². The van der Waals surface area contributed by atoms with Crippen LogP contribution in [0, 0.1) is 6.92 Å². The van der Waals surface area contributed by atoms with Gasteiger partial charge in [0.1, 0.15) is 0 Å². The molecule has 118 valence electrons. The van der Waals surface area contributed by atoms with Crippen molar-refractivity contribution in [3.05, 3.63) is 42.0 Å². The minimum absolute atomic E-state index is 0.230. The Labute approximate surface area is 133 Å². The van der Waals surface area contributed by atoms with Crippen LogP contribution in [0.5, 0.6) is 0 Å². The molecule has 3 nitrogen and oxygen atoms in total. The van der Waals surface area contributed by atoms with E-state index in [1.54, 1.807) is 24.3 Å². The van der Waals surface area contributed by atoms with Crippen molar-refractivity contribution in [3.63, 3.8) is 0 Å². The van der Waals surface area contributed by atoms with Gasteiger partial charge in [0.15, 0.2) is 0 Å². The Hall–Kier alpha value is -0.840. The number of rotatable bonds is 9. The van der Waals surface area contributed by atoms with Crippen molar-refractivity contribution in [2.75, 3.05) is 6.54 Å². The summed E-state index contributed by atoms with van der Waals surface area (Å²) in [7, 11) is -3.60. The molecule has 0 aliphatic carbocycles. The molecule has 0 N–H and O–H groups in total. The summed E-state index contributed by atoms with van der Waals surface area (Å²) in [4.78, 5) is 0.230. The first-order valence-electron chi connectivity index (χ1n) is 7.29. The Morgan fingerprint density at radius 3 is 2.33 bits per heavy atom. The number of benzene rings is 1. The predicted molar refractivity (Wildman–Crippen MR) is 88.8 cm³/mol. The first-order chi connectivity index (χ1) is 9.87. The summed E-state index contributed by atoms with van der Waals surface area (Å²) in [5.41, 5.74) is 2.18. The van der Waals surface area contributed by atoms with Crippen molar-refractivity contribution in [2.45, 2.75) is 50.8 Å². The first kappa shape index (κ1) is 18.2. The Morgan fingerprint density at radius 2 is 1.76 bits per heavy atom. The lowest BCUT2D eigenvalue weighted by molar-refractivity contribution is 0.526. The van der Waals surface area contributed by atoms with E-state index in [-0.39, 0.29) is 4.90 Å². The van der Waals surface area contributed by atoms with E-state index in [0.717, 1.165) is 40.6 Å². The van der Waals surface area contributed by atoms with Gasteiger partial charge < -0.3 is 0 Å². The average Bonchev–Trinajstić information content (AvgIpc) is 2.45. The van der Waals surface area contributed by atoms with Crippen LogP contribution < -0.4 is 0 Å². The van der Waals surface area contributed by atoms with E-state index in [9.17, 15) is 8.42 Å². The Kier molecular flexibility index (Phi) is 7.43. The van der Waals surface area contributed by atoms with Crippen molar-refractivity contribution in [1.29, 1.82) is 0 Å². The fourth-order valence-corrected chi connectivity index (χ4v) is 3.39. The number of sulfonamides is 1. The molecular formula is C16H24ClNO2S. The fourth-order valence-electron chi connectivity index (χ4n) is 1.95. The van der Waals surface area contributed by atoms with E-state index in [1.807, 2.05) is 6.92 Å². The Morgan fingerprint density at radius 1 is 1.19 bits per heavy atom. The zero-order valence-corrected chi connectivity index (χ0v) is 14.4. The van der Waals surface area contributed by atoms with Crippen LogP contribution in [0.3, 0.4) is 0 Å². The molecule has 1 aromatic carbocycles. The van der Waals surface area contributed by atoms with Crippen LogP contribution >= 0.6 is 11.8 Å². The number of hydrogen-bond acceptors (Lipinski definition) is 2. The molecule has 0 saturated carbocycles. The highest BCUT2D eigenvalue weighted by molar-refractivity contribution is 7.90. The maximum atomic E-state index is 12.3. The van der Waals surface area contributed by atoms with Gasteiger partial charge in [0.25, 0.3) is 10.0 Å². The number of nitrogens with zero attached hydrogens (tertiary/aromatic N) is 1. The van der Waals surface area contributed by atoms with E-state index >= 15 is 0 Å². The second kappa shape index (κ2) is 8.57. The summed E-state index contributed by atoms with van der Waals surface area (Å²) in [6.07, 6.45) is 4.78. The van der Waals surface area contributed by atoms with E-state index in [1.165, 1.54) is 0 Å². The smallest absolute Gasteiger partial charge is 0.206 e. The summed E-state index contributed by atoms with van der Waals surface area (Å²) >= 11 is 5.95. The van der Waals surface area contributed by atoms with Crippen LogP contribution in [0.4, 0.5) is 0 Å². The molecule has 0 bridgehead atoms. The third kappa shape index (κ3) is 5.81. The number of hydrogen-bond donors (Lipinski definition) is 0. The quantitative estimate of drug-likeness (QED) is 0.488. The van der Waals surface area contributed by atoms with Crippen molar-refractivity contribution < 1.29 is 8.42 Å². The highest BCUT2D eigenvalue weighted by Gasteiger charge is 2.22. The molecule has 0 unspecified atom stereocenters. The lowest BCUT2D eigenvalue weighted by atomic mass is 10.1. The maximum absolute atomic E-state index is 12.3. The Balaban J connectivity index is 2.52. The normalized spacial score (nSPS) is 11.8. The van der Waals surface area contributed by atoms with Gasteiger partial charge in [0, 0.05) is 6.54 Å². The highest BCUT2D eigenvalue weighted by Crippen LogP contribution is 2.20. The van der Waals surface area contributed by atoms with Crippen molar-refractivity contribution in [2.24, 2.45) is 0 Å². The van der Waals surface area contributed by atoms with Crippen molar-refractivity contribution >= 4 is 21.8 Å². The van der Waals surface area contributed by atoms with Gasteiger partial charge in [-0.05, 0) is 56.5 Å². The molecule has 0 spiro atoms. The highest BCUT2D eigenvalue weighted by atomic mass is 35.5. The molecule has 21 heavy (non-hydrogen) atoms. The molecule has 1 rings (SSSR count). The lowest BCUT2D eigenvalue weighted by Gasteiger charge is -2.14. The van der Waals surface area contributed by atoms with Crippen LogP contribution in [-0.4, -0.2) is 18.8 Å². The monoisotopic (exact) mass is 329 g/mol.